The van der Waals surface area contributed by atoms with Gasteiger partial charge < -0.3 is 9.88 Å². The van der Waals surface area contributed by atoms with E-state index < -0.39 is 15.9 Å². The van der Waals surface area contributed by atoms with Gasteiger partial charge in [-0.3, -0.25) is 9.59 Å². The second-order valence-electron chi connectivity index (χ2n) is 12.6. The number of hydrogen-bond acceptors (Lipinski definition) is 6. The molecule has 10 heteroatoms. The Hall–Kier alpha value is -5.19. The van der Waals surface area contributed by atoms with Gasteiger partial charge in [-0.15, -0.1) is 0 Å². The van der Waals surface area contributed by atoms with Crippen LogP contribution in [0.15, 0.2) is 126 Å². The third-order valence-corrected chi connectivity index (χ3v) is 10.6. The number of hydrogen-bond donors (Lipinski definition) is 3. The summed E-state index contributed by atoms with van der Waals surface area (Å²) in [6.45, 7) is 4.61. The first-order chi connectivity index (χ1) is 24.7. The molecule has 0 aliphatic carbocycles. The molecule has 1 atom stereocenters. The Morgan fingerprint density at radius 3 is 2.16 bits per heavy atom. The molecule has 0 radical (unpaired) electrons. The Morgan fingerprint density at radius 2 is 1.47 bits per heavy atom. The lowest BCUT2D eigenvalue weighted by Gasteiger charge is -2.17. The molecule has 0 saturated heterocycles. The van der Waals surface area contributed by atoms with Gasteiger partial charge in [-0.05, 0) is 72.4 Å². The third kappa shape index (κ3) is 8.24. The van der Waals surface area contributed by atoms with Crippen LogP contribution in [0, 0.1) is 6.92 Å². The van der Waals surface area contributed by atoms with Crippen LogP contribution >= 0.6 is 12.6 Å². The molecular formula is C41H40N4O4S2. The molecule has 0 spiro atoms. The fourth-order valence-corrected chi connectivity index (χ4v) is 7.65. The largest absolute Gasteiger partial charge is 0.348 e. The minimum absolute atomic E-state index is 0.0121. The maximum Gasteiger partial charge on any atom is 0.264 e. The van der Waals surface area contributed by atoms with Gasteiger partial charge in [-0.25, -0.2) is 18.1 Å². The highest BCUT2D eigenvalue weighted by Gasteiger charge is 2.23. The number of sulfonamides is 1. The second-order valence-corrected chi connectivity index (χ2v) is 14.6. The summed E-state index contributed by atoms with van der Waals surface area (Å²) < 4.78 is 31.2. The first-order valence-corrected chi connectivity index (χ1v) is 19.0. The van der Waals surface area contributed by atoms with Crippen molar-refractivity contribution in [2.75, 3.05) is 5.75 Å². The fraction of sp³-hybridized carbons (Fsp3) is 0.195. The number of rotatable bonds is 13. The number of thiol groups is 1. The highest BCUT2D eigenvalue weighted by Crippen LogP contribution is 2.29. The number of amides is 2. The van der Waals surface area contributed by atoms with E-state index in [2.05, 4.69) is 34.2 Å². The number of benzene rings is 5. The standard InChI is InChI=1S/C41H40N4O4S2/c1-3-12-38-43-39-28(2)23-33(40(46)42-34(27-50)24-29-13-6-4-7-14-29)25-36(39)45(38)26-30-19-21-31(22-20-30)35-17-10-11-18-37(35)51(48,49)44-41(47)32-15-8-5-9-16-32/h4-11,13-23,25,34,50H,3,12,24,26-27H2,1-2H3,(H,42,46)(H,44,47)/t34-/m1/s1. The molecule has 0 unspecified atom stereocenters. The number of imidazole rings is 1. The van der Waals surface area contributed by atoms with Crippen molar-refractivity contribution in [1.82, 2.24) is 19.6 Å². The summed E-state index contributed by atoms with van der Waals surface area (Å²) in [5.41, 5.74) is 6.78. The summed E-state index contributed by atoms with van der Waals surface area (Å²) in [6, 6.07) is 36.3. The van der Waals surface area contributed by atoms with E-state index in [4.69, 9.17) is 4.98 Å². The van der Waals surface area contributed by atoms with Crippen LogP contribution in [0.5, 0.6) is 0 Å². The lowest BCUT2D eigenvalue weighted by molar-refractivity contribution is 0.0939. The molecule has 1 heterocycles. The first-order valence-electron chi connectivity index (χ1n) is 16.9. The second kappa shape index (κ2) is 15.8. The van der Waals surface area contributed by atoms with Crippen molar-refractivity contribution in [2.45, 2.75) is 50.6 Å². The van der Waals surface area contributed by atoms with Gasteiger partial charge in [-0.2, -0.15) is 12.6 Å². The van der Waals surface area contributed by atoms with Gasteiger partial charge in [0, 0.05) is 41.5 Å². The number of nitrogens with one attached hydrogen (secondary N) is 2. The summed E-state index contributed by atoms with van der Waals surface area (Å²) >= 11 is 4.51. The molecule has 0 fully saturated rings. The van der Waals surface area contributed by atoms with Crippen molar-refractivity contribution < 1.29 is 18.0 Å². The SMILES string of the molecule is CCCc1nc2c(C)cc(C(=O)N[C@@H](CS)Cc3ccccc3)cc2n1Cc1ccc(-c2ccccc2S(=O)(=O)NC(=O)c2ccccc2)cc1. The van der Waals surface area contributed by atoms with Gasteiger partial charge in [0.05, 0.1) is 15.9 Å². The summed E-state index contributed by atoms with van der Waals surface area (Å²) in [7, 11) is -4.16. The zero-order valence-electron chi connectivity index (χ0n) is 28.5. The average molecular weight is 717 g/mol. The Balaban J connectivity index is 1.26. The molecule has 2 N–H and O–H groups in total. The lowest BCUT2D eigenvalue weighted by atomic mass is 10.0. The molecular weight excluding hydrogens is 677 g/mol. The van der Waals surface area contributed by atoms with Gasteiger partial charge in [0.2, 0.25) is 0 Å². The average Bonchev–Trinajstić information content (AvgIpc) is 3.49. The van der Waals surface area contributed by atoms with Gasteiger partial charge in [0.1, 0.15) is 5.82 Å². The van der Waals surface area contributed by atoms with Gasteiger partial charge in [0.15, 0.2) is 0 Å². The van der Waals surface area contributed by atoms with Gasteiger partial charge in [0.25, 0.3) is 21.8 Å². The maximum absolute atomic E-state index is 13.6. The van der Waals surface area contributed by atoms with Crippen LogP contribution in [-0.4, -0.2) is 41.6 Å². The van der Waals surface area contributed by atoms with E-state index in [0.29, 0.717) is 35.4 Å². The van der Waals surface area contributed by atoms with Crippen molar-refractivity contribution in [3.05, 3.63) is 155 Å². The summed E-state index contributed by atoms with van der Waals surface area (Å²) in [4.78, 5) is 31.3. The molecule has 6 aromatic rings. The summed E-state index contributed by atoms with van der Waals surface area (Å²) in [5.74, 6) is 0.591. The predicted octanol–water partition coefficient (Wildman–Crippen LogP) is 7.40. The van der Waals surface area contributed by atoms with Gasteiger partial charge in [-0.1, -0.05) is 97.9 Å². The quantitative estimate of drug-likeness (QED) is 0.108. The van der Waals surface area contributed by atoms with Crippen molar-refractivity contribution in [3.8, 4) is 11.1 Å². The van der Waals surface area contributed by atoms with E-state index in [-0.39, 0.29) is 22.4 Å². The topological polar surface area (TPSA) is 110 Å². The Labute approximate surface area is 304 Å². The first kappa shape index (κ1) is 35.6. The molecule has 1 aromatic heterocycles. The Kier molecular flexibility index (Phi) is 11.0. The number of nitrogens with zero attached hydrogens (tertiary/aromatic N) is 2. The normalized spacial score (nSPS) is 12.1. The molecule has 0 aliphatic heterocycles. The molecule has 0 aliphatic rings. The smallest absolute Gasteiger partial charge is 0.264 e. The number of aryl methyl sites for hydroxylation is 2. The minimum Gasteiger partial charge on any atom is -0.348 e. The fourth-order valence-electron chi connectivity index (χ4n) is 6.23. The molecule has 51 heavy (non-hydrogen) atoms. The number of carbonyl (C=O) groups excluding carboxylic acids is 2. The van der Waals surface area contributed by atoms with Crippen LogP contribution in [0.4, 0.5) is 0 Å². The highest BCUT2D eigenvalue weighted by atomic mass is 32.2. The molecule has 0 bridgehead atoms. The van der Waals surface area contributed by atoms with Crippen LogP contribution in [-0.2, 0) is 29.4 Å². The van der Waals surface area contributed by atoms with E-state index in [1.54, 1.807) is 48.5 Å². The van der Waals surface area contributed by atoms with E-state index in [0.717, 1.165) is 46.4 Å². The van der Waals surface area contributed by atoms with Crippen LogP contribution in [0.3, 0.4) is 0 Å². The molecule has 2 amide bonds. The van der Waals surface area contributed by atoms with Crippen molar-refractivity contribution in [2.24, 2.45) is 0 Å². The van der Waals surface area contributed by atoms with E-state index in [1.165, 1.54) is 6.07 Å². The minimum atomic E-state index is -4.16. The number of fused-ring (bicyclic) bond motifs is 1. The zero-order valence-corrected chi connectivity index (χ0v) is 30.3. The van der Waals surface area contributed by atoms with Crippen LogP contribution in [0.25, 0.3) is 22.2 Å². The summed E-state index contributed by atoms with van der Waals surface area (Å²) in [6.07, 6.45) is 2.36. The third-order valence-electron chi connectivity index (χ3n) is 8.79. The molecule has 8 nitrogen and oxygen atoms in total. The number of aromatic nitrogens is 2. The Bertz CT molecular complexity index is 2270. The number of carbonyl (C=O) groups is 2. The molecule has 0 saturated carbocycles. The predicted molar refractivity (Wildman–Crippen MR) is 206 cm³/mol. The van der Waals surface area contributed by atoms with Crippen LogP contribution in [0.1, 0.15) is 56.6 Å². The molecule has 5 aromatic carbocycles. The molecule has 6 rings (SSSR count). The molecule has 260 valence electrons. The Morgan fingerprint density at radius 1 is 0.804 bits per heavy atom. The van der Waals surface area contributed by atoms with Crippen molar-refractivity contribution >= 4 is 45.5 Å². The van der Waals surface area contributed by atoms with E-state index in [9.17, 15) is 18.0 Å². The van der Waals surface area contributed by atoms with Crippen LogP contribution in [0.2, 0.25) is 0 Å². The van der Waals surface area contributed by atoms with E-state index >= 15 is 0 Å². The van der Waals surface area contributed by atoms with E-state index in [1.807, 2.05) is 73.7 Å². The maximum atomic E-state index is 13.6. The van der Waals surface area contributed by atoms with Crippen molar-refractivity contribution in [3.63, 3.8) is 0 Å². The van der Waals surface area contributed by atoms with Gasteiger partial charge >= 0.3 is 0 Å². The zero-order chi connectivity index (χ0) is 36.0. The highest BCUT2D eigenvalue weighted by molar-refractivity contribution is 7.90. The van der Waals surface area contributed by atoms with Crippen molar-refractivity contribution in [1.29, 1.82) is 0 Å². The monoisotopic (exact) mass is 716 g/mol. The van der Waals surface area contributed by atoms with Crippen LogP contribution < -0.4 is 10.0 Å². The lowest BCUT2D eigenvalue weighted by Crippen LogP contribution is -2.37. The summed E-state index contributed by atoms with van der Waals surface area (Å²) in [5, 5.41) is 3.17.